The van der Waals surface area contributed by atoms with Gasteiger partial charge in [-0.05, 0) is 0 Å². The van der Waals surface area contributed by atoms with E-state index in [1.54, 1.807) is 0 Å². The van der Waals surface area contributed by atoms with Crippen LogP contribution in [0.5, 0.6) is 0 Å². The van der Waals surface area contributed by atoms with Crippen molar-refractivity contribution in [1.29, 1.82) is 0 Å². The van der Waals surface area contributed by atoms with Crippen molar-refractivity contribution in [3.8, 4) is 0 Å². The van der Waals surface area contributed by atoms with Crippen LogP contribution >= 0.6 is 0 Å². The maximum absolute atomic E-state index is 3.36. The predicted molar refractivity (Wildman–Crippen MR) is 53.3 cm³/mol. The zero-order chi connectivity index (χ0) is 8.32. The number of rotatable bonds is 3. The van der Waals surface area contributed by atoms with Crippen LogP contribution in [0.4, 0.5) is 0 Å². The van der Waals surface area contributed by atoms with Crippen LogP contribution in [-0.2, 0) is 25.8 Å². The summed E-state index contributed by atoms with van der Waals surface area (Å²) in [5, 5.41) is 0. The Kier molecular flexibility index (Phi) is 5.58. The van der Waals surface area contributed by atoms with Gasteiger partial charge in [-0.1, -0.05) is 32.1 Å². The Bertz CT molecular complexity index is 187. The summed E-state index contributed by atoms with van der Waals surface area (Å²) in [5.74, 6) is 0. The number of hydrogen-bond acceptors (Lipinski definition) is 0. The molecule has 1 aliphatic carbocycles. The molecule has 0 atom stereocenters. The molecule has 0 heterocycles. The first-order chi connectivity index (χ1) is 5.08. The van der Waals surface area contributed by atoms with Crippen molar-refractivity contribution in [3.63, 3.8) is 0 Å². The largest absolute Gasteiger partial charge is 0.270 e. The standard InChI is InChI=1S/C10H17Si.Hf/c1-11(2,3)9-8-10-6-4-5-7-10;/h4,6H,5,8-9H2,1-3H3;/q-1;. The first-order valence-electron chi connectivity index (χ1n) is 4.34. The second-order valence-corrected chi connectivity index (χ2v) is 9.99. The normalized spacial score (nSPS) is 15.8. The topological polar surface area (TPSA) is 0 Å². The molecular formula is C10H17HfSi-. The summed E-state index contributed by atoms with van der Waals surface area (Å²) in [6, 6.07) is 1.40. The van der Waals surface area contributed by atoms with Crippen LogP contribution in [0, 0.1) is 6.08 Å². The molecule has 66 valence electrons. The summed E-state index contributed by atoms with van der Waals surface area (Å²) in [5.41, 5.74) is 1.44. The fourth-order valence-corrected chi connectivity index (χ4v) is 2.15. The first-order valence-corrected chi connectivity index (χ1v) is 8.05. The van der Waals surface area contributed by atoms with E-state index in [1.807, 2.05) is 0 Å². The van der Waals surface area contributed by atoms with Crippen molar-refractivity contribution in [3.05, 3.63) is 23.8 Å². The zero-order valence-corrected chi connectivity index (χ0v) is 12.9. The second-order valence-electron chi connectivity index (χ2n) is 4.37. The molecule has 0 radical (unpaired) electrons. The van der Waals surface area contributed by atoms with Gasteiger partial charge in [-0.3, -0.25) is 6.08 Å². The molecule has 1 aliphatic rings. The van der Waals surface area contributed by atoms with Crippen LogP contribution in [0.15, 0.2) is 17.7 Å². The molecule has 0 nitrogen and oxygen atoms in total. The van der Waals surface area contributed by atoms with Gasteiger partial charge in [-0.2, -0.15) is 6.08 Å². The monoisotopic (exact) mass is 345 g/mol. The van der Waals surface area contributed by atoms with Gasteiger partial charge in [0.25, 0.3) is 0 Å². The Morgan fingerprint density at radius 3 is 2.50 bits per heavy atom. The third kappa shape index (κ3) is 5.25. The van der Waals surface area contributed by atoms with E-state index in [9.17, 15) is 0 Å². The molecule has 0 bridgehead atoms. The molecule has 0 aromatic rings. The van der Waals surface area contributed by atoms with Gasteiger partial charge in [0.15, 0.2) is 0 Å². The Labute approximate surface area is 95.9 Å². The van der Waals surface area contributed by atoms with Gasteiger partial charge in [0, 0.05) is 33.9 Å². The number of allylic oxidation sites excluding steroid dienone is 4. The van der Waals surface area contributed by atoms with Gasteiger partial charge in [0.2, 0.25) is 0 Å². The number of hydrogen-bond donors (Lipinski definition) is 0. The fraction of sp³-hybridized carbons (Fsp3) is 0.600. The molecule has 0 aromatic carbocycles. The first kappa shape index (κ1) is 12.6. The van der Waals surface area contributed by atoms with Crippen molar-refractivity contribution in [2.24, 2.45) is 0 Å². The SMILES string of the molecule is C[Si](C)(C)CCC1=[C-]CC=C1.[Hf]. The molecule has 0 N–H and O–H groups in total. The van der Waals surface area contributed by atoms with Crippen molar-refractivity contribution >= 4 is 8.07 Å². The average Bonchev–Trinajstić information content (AvgIpc) is 2.32. The molecule has 12 heavy (non-hydrogen) atoms. The molecule has 0 aromatic heterocycles. The van der Waals surface area contributed by atoms with Gasteiger partial charge >= 0.3 is 0 Å². The second kappa shape index (κ2) is 5.33. The van der Waals surface area contributed by atoms with Crippen LogP contribution in [0.25, 0.3) is 0 Å². The molecule has 0 saturated heterocycles. The molecule has 0 amide bonds. The zero-order valence-electron chi connectivity index (χ0n) is 8.28. The van der Waals surface area contributed by atoms with Crippen molar-refractivity contribution < 1.29 is 25.8 Å². The Balaban J connectivity index is 0.00000121. The Morgan fingerprint density at radius 1 is 1.42 bits per heavy atom. The summed E-state index contributed by atoms with van der Waals surface area (Å²) in [6.07, 6.45) is 10.1. The van der Waals surface area contributed by atoms with Gasteiger partial charge < -0.3 is 0 Å². The molecule has 0 saturated carbocycles. The van der Waals surface area contributed by atoms with Crippen LogP contribution < -0.4 is 0 Å². The van der Waals surface area contributed by atoms with E-state index < -0.39 is 8.07 Å². The molecule has 1 rings (SSSR count). The maximum Gasteiger partial charge on any atom is 0.0444 e. The quantitative estimate of drug-likeness (QED) is 0.544. The van der Waals surface area contributed by atoms with Crippen LogP contribution in [0.2, 0.25) is 25.7 Å². The Hall–Kier alpha value is 0.567. The van der Waals surface area contributed by atoms with E-state index >= 15 is 0 Å². The smallest absolute Gasteiger partial charge is 0.0444 e. The van der Waals surface area contributed by atoms with Crippen molar-refractivity contribution in [2.45, 2.75) is 38.5 Å². The minimum absolute atomic E-state index is 0. The van der Waals surface area contributed by atoms with Crippen LogP contribution in [0.1, 0.15) is 12.8 Å². The molecule has 2 heteroatoms. The molecule has 0 spiro atoms. The van der Waals surface area contributed by atoms with E-state index in [0.717, 1.165) is 6.42 Å². The van der Waals surface area contributed by atoms with E-state index in [4.69, 9.17) is 0 Å². The van der Waals surface area contributed by atoms with E-state index in [0.29, 0.717) is 0 Å². The van der Waals surface area contributed by atoms with Gasteiger partial charge in [0.1, 0.15) is 0 Å². The van der Waals surface area contributed by atoms with Gasteiger partial charge in [0.05, 0.1) is 0 Å². The summed E-state index contributed by atoms with van der Waals surface area (Å²) in [6.45, 7) is 7.27. The van der Waals surface area contributed by atoms with Crippen molar-refractivity contribution in [1.82, 2.24) is 0 Å². The predicted octanol–water partition coefficient (Wildman–Crippen LogP) is 3.40. The minimum atomic E-state index is -0.819. The maximum atomic E-state index is 3.36. The summed E-state index contributed by atoms with van der Waals surface area (Å²) in [4.78, 5) is 0. The fourth-order valence-electron chi connectivity index (χ4n) is 1.13. The summed E-state index contributed by atoms with van der Waals surface area (Å²) >= 11 is 0. The average molecular weight is 344 g/mol. The minimum Gasteiger partial charge on any atom is -0.270 e. The van der Waals surface area contributed by atoms with E-state index in [-0.39, 0.29) is 25.8 Å². The van der Waals surface area contributed by atoms with E-state index in [1.165, 1.54) is 18.0 Å². The van der Waals surface area contributed by atoms with Gasteiger partial charge in [-0.15, -0.1) is 6.42 Å². The molecule has 0 fully saturated rings. The molecule has 0 aliphatic heterocycles. The molecule has 0 unspecified atom stereocenters. The Morgan fingerprint density at radius 2 is 2.08 bits per heavy atom. The summed E-state index contributed by atoms with van der Waals surface area (Å²) in [7, 11) is -0.819. The third-order valence-electron chi connectivity index (χ3n) is 1.91. The molecular weight excluding hydrogens is 327 g/mol. The van der Waals surface area contributed by atoms with E-state index in [2.05, 4.69) is 37.9 Å². The summed E-state index contributed by atoms with van der Waals surface area (Å²) < 4.78 is 0. The van der Waals surface area contributed by atoms with Crippen LogP contribution in [0.3, 0.4) is 0 Å². The third-order valence-corrected chi connectivity index (χ3v) is 3.66. The van der Waals surface area contributed by atoms with Crippen LogP contribution in [-0.4, -0.2) is 8.07 Å². The van der Waals surface area contributed by atoms with Gasteiger partial charge in [-0.25, -0.2) is 11.6 Å². The van der Waals surface area contributed by atoms with Crippen molar-refractivity contribution in [2.75, 3.05) is 0 Å².